The molecule has 4 rings (SSSR count). The van der Waals surface area contributed by atoms with Gasteiger partial charge >= 0.3 is 0 Å². The predicted octanol–water partition coefficient (Wildman–Crippen LogP) is 11.2. The van der Waals surface area contributed by atoms with Crippen LogP contribution in [0.25, 0.3) is 0 Å². The third-order valence-electron chi connectivity index (χ3n) is 9.28. The van der Waals surface area contributed by atoms with Gasteiger partial charge < -0.3 is 14.4 Å². The van der Waals surface area contributed by atoms with Crippen molar-refractivity contribution in [3.8, 4) is 5.75 Å². The standard InChI is InChI=1S/C31H44F4O2S.C2H5F.CH4O/c1-4-12-19(5-2)23-17-22(20-13-8-6-9-14-20)18-24(21-15-10-7-11-16-21)27(23)37-31(3)29(34)25(32)28(38-36)26(33)30(31)35;1-2-3;1-2/h17-21,25,28-29,36H,4-16H2,1-3H3;2H2,1H3;2H,1H3/t19?,25?,28?,29?,31-;;/m1../s1. The molecule has 4 unspecified atom stereocenters. The van der Waals surface area contributed by atoms with Crippen molar-refractivity contribution in [2.45, 2.75) is 152 Å². The minimum absolute atomic E-state index is 0.116. The number of halogens is 5. The van der Waals surface area contributed by atoms with Gasteiger partial charge in [0.15, 0.2) is 29.6 Å². The third kappa shape index (κ3) is 8.90. The molecule has 0 amide bonds. The van der Waals surface area contributed by atoms with E-state index in [2.05, 4.69) is 26.0 Å². The average Bonchev–Trinajstić information content (AvgIpc) is 3.04. The van der Waals surface area contributed by atoms with Crippen molar-refractivity contribution >= 4 is 12.0 Å². The van der Waals surface area contributed by atoms with Crippen LogP contribution in [0.3, 0.4) is 0 Å². The van der Waals surface area contributed by atoms with E-state index < -0.39 is 34.8 Å². The maximum atomic E-state index is 15.6. The fraction of sp³-hybridized carbons (Fsp3) is 0.765. The minimum Gasteiger partial charge on any atom is -0.477 e. The molecule has 1 aromatic carbocycles. The molecule has 2 saturated carbocycles. The van der Waals surface area contributed by atoms with Crippen LogP contribution in [0.1, 0.15) is 146 Å². The van der Waals surface area contributed by atoms with E-state index in [1.807, 2.05) is 0 Å². The van der Waals surface area contributed by atoms with E-state index in [4.69, 9.17) is 9.84 Å². The molecule has 3 aliphatic carbocycles. The Balaban J connectivity index is 0.00000121. The number of hydrogen-bond acceptors (Lipinski definition) is 4. The van der Waals surface area contributed by atoms with E-state index in [1.165, 1.54) is 31.7 Å². The Hall–Kier alpha value is -1.32. The zero-order valence-electron chi connectivity index (χ0n) is 26.6. The molecule has 248 valence electrons. The average molecular weight is 637 g/mol. The molecule has 0 spiro atoms. The van der Waals surface area contributed by atoms with E-state index in [-0.39, 0.29) is 30.6 Å². The molecule has 0 bridgehead atoms. The quantitative estimate of drug-likeness (QED) is 0.209. The largest absolute Gasteiger partial charge is 0.477 e. The molecule has 0 aromatic heterocycles. The summed E-state index contributed by atoms with van der Waals surface area (Å²) in [5.74, 6) is -1.78. The SMILES string of the molecule is CCCC(CC)c1cc(C2CCCCC2)cc(C2CCCCC2)c1O[C@@]1(C)C(F)=C(F)C(SO)C(F)C1F.CCF.CO. The Morgan fingerprint density at radius 2 is 1.47 bits per heavy atom. The Bertz CT molecular complexity index is 970. The van der Waals surface area contributed by atoms with Gasteiger partial charge in [0.25, 0.3) is 0 Å². The molecular formula is C34H53F5O3S. The third-order valence-corrected chi connectivity index (χ3v) is 9.97. The summed E-state index contributed by atoms with van der Waals surface area (Å²) in [4.78, 5) is 0. The molecule has 0 aliphatic heterocycles. The molecule has 0 heterocycles. The first-order valence-electron chi connectivity index (χ1n) is 16.2. The summed E-state index contributed by atoms with van der Waals surface area (Å²) >= 11 is -0.205. The van der Waals surface area contributed by atoms with Crippen LogP contribution in [0.5, 0.6) is 5.75 Å². The highest BCUT2D eigenvalue weighted by Crippen LogP contribution is 2.51. The monoisotopic (exact) mass is 636 g/mol. The smallest absolute Gasteiger partial charge is 0.194 e. The first-order valence-corrected chi connectivity index (χ1v) is 17.0. The van der Waals surface area contributed by atoms with Gasteiger partial charge in [-0.2, -0.15) is 0 Å². The van der Waals surface area contributed by atoms with Crippen LogP contribution in [0.2, 0.25) is 0 Å². The number of ether oxygens (including phenoxy) is 1. The first kappa shape index (κ1) is 37.9. The molecule has 3 aliphatic rings. The number of aliphatic hydroxyl groups is 1. The van der Waals surface area contributed by atoms with E-state index in [1.54, 1.807) is 0 Å². The van der Waals surface area contributed by atoms with E-state index in [0.29, 0.717) is 11.7 Å². The summed E-state index contributed by atoms with van der Waals surface area (Å²) in [6.45, 7) is 6.55. The number of hydrogen-bond donors (Lipinski definition) is 2. The molecule has 0 saturated heterocycles. The number of alkyl halides is 3. The van der Waals surface area contributed by atoms with Gasteiger partial charge in [-0.15, -0.1) is 0 Å². The molecule has 43 heavy (non-hydrogen) atoms. The maximum Gasteiger partial charge on any atom is 0.194 e. The first-order chi connectivity index (χ1) is 20.7. The normalized spacial score (nSPS) is 27.5. The second-order valence-corrected chi connectivity index (χ2v) is 12.8. The lowest BCUT2D eigenvalue weighted by atomic mass is 9.76. The van der Waals surface area contributed by atoms with Crippen LogP contribution in [0, 0.1) is 0 Å². The Morgan fingerprint density at radius 3 is 1.95 bits per heavy atom. The predicted molar refractivity (Wildman–Crippen MR) is 168 cm³/mol. The summed E-state index contributed by atoms with van der Waals surface area (Å²) in [5, 5.41) is 5.07. The van der Waals surface area contributed by atoms with Crippen LogP contribution >= 0.6 is 12.0 Å². The summed E-state index contributed by atoms with van der Waals surface area (Å²) in [7, 11) is 1.00. The number of rotatable bonds is 9. The van der Waals surface area contributed by atoms with Crippen molar-refractivity contribution in [1.82, 2.24) is 0 Å². The van der Waals surface area contributed by atoms with Crippen molar-refractivity contribution in [3.63, 3.8) is 0 Å². The summed E-state index contributed by atoms with van der Waals surface area (Å²) in [6.07, 6.45) is 8.90. The zero-order chi connectivity index (χ0) is 32.2. The minimum atomic E-state index is -2.47. The Labute approximate surface area is 260 Å². The van der Waals surface area contributed by atoms with Gasteiger partial charge in [-0.1, -0.05) is 70.9 Å². The van der Waals surface area contributed by atoms with Gasteiger partial charge in [0.05, 0.1) is 6.67 Å². The fourth-order valence-corrected chi connectivity index (χ4v) is 7.38. The van der Waals surface area contributed by atoms with Crippen molar-refractivity contribution in [2.24, 2.45) is 0 Å². The second kappa shape index (κ2) is 18.6. The molecule has 2 fully saturated rings. The van der Waals surface area contributed by atoms with E-state index in [0.717, 1.165) is 89.4 Å². The molecule has 9 heteroatoms. The van der Waals surface area contributed by atoms with E-state index in [9.17, 15) is 17.7 Å². The van der Waals surface area contributed by atoms with E-state index >= 15 is 8.78 Å². The topological polar surface area (TPSA) is 49.7 Å². The van der Waals surface area contributed by atoms with Gasteiger partial charge in [0.2, 0.25) is 0 Å². The van der Waals surface area contributed by atoms with Crippen molar-refractivity contribution in [2.75, 3.05) is 13.8 Å². The van der Waals surface area contributed by atoms with Gasteiger partial charge in [-0.25, -0.2) is 17.6 Å². The highest BCUT2D eigenvalue weighted by Gasteiger charge is 2.57. The molecular weight excluding hydrogens is 583 g/mol. The maximum absolute atomic E-state index is 15.6. The molecule has 3 nitrogen and oxygen atoms in total. The van der Waals surface area contributed by atoms with Crippen LogP contribution in [0.4, 0.5) is 22.0 Å². The summed E-state index contributed by atoms with van der Waals surface area (Å²) in [6, 6.07) is 4.37. The lowest BCUT2D eigenvalue weighted by Gasteiger charge is -2.41. The molecule has 1 aromatic rings. The van der Waals surface area contributed by atoms with Crippen LogP contribution in [-0.2, 0) is 0 Å². The number of benzene rings is 1. The lowest BCUT2D eigenvalue weighted by Crippen LogP contribution is -2.55. The van der Waals surface area contributed by atoms with Gasteiger partial charge in [-0.05, 0) is 86.8 Å². The lowest BCUT2D eigenvalue weighted by molar-refractivity contribution is -0.0366. The zero-order valence-corrected chi connectivity index (χ0v) is 27.4. The summed E-state index contributed by atoms with van der Waals surface area (Å²) < 4.78 is 87.0. The Kier molecular flexibility index (Phi) is 16.4. The molecule has 2 N–H and O–H groups in total. The number of aliphatic hydroxyl groups excluding tert-OH is 1. The molecule has 0 radical (unpaired) electrons. The van der Waals surface area contributed by atoms with Crippen LogP contribution in [0.15, 0.2) is 23.8 Å². The van der Waals surface area contributed by atoms with Gasteiger partial charge in [-0.3, -0.25) is 4.39 Å². The Morgan fingerprint density at radius 1 is 0.930 bits per heavy atom. The van der Waals surface area contributed by atoms with Crippen LogP contribution in [-0.4, -0.2) is 46.6 Å². The highest BCUT2D eigenvalue weighted by molar-refractivity contribution is 7.94. The van der Waals surface area contributed by atoms with Gasteiger partial charge in [0, 0.05) is 19.2 Å². The summed E-state index contributed by atoms with van der Waals surface area (Å²) in [5.41, 5.74) is 0.696. The fourth-order valence-electron chi connectivity index (χ4n) is 6.93. The van der Waals surface area contributed by atoms with Crippen LogP contribution < -0.4 is 4.74 Å². The van der Waals surface area contributed by atoms with Gasteiger partial charge in [0.1, 0.15) is 11.0 Å². The molecule has 5 atom stereocenters. The van der Waals surface area contributed by atoms with Crippen molar-refractivity contribution < 1.29 is 36.3 Å². The van der Waals surface area contributed by atoms with Crippen molar-refractivity contribution in [3.05, 3.63) is 40.5 Å². The highest BCUT2D eigenvalue weighted by atomic mass is 32.2. The van der Waals surface area contributed by atoms with Crippen molar-refractivity contribution in [1.29, 1.82) is 0 Å². The second-order valence-electron chi connectivity index (χ2n) is 12.1.